The van der Waals surface area contributed by atoms with Crippen molar-refractivity contribution < 1.29 is 14.3 Å². The van der Waals surface area contributed by atoms with Gasteiger partial charge in [-0.15, -0.1) is 0 Å². The van der Waals surface area contributed by atoms with Gasteiger partial charge in [0.1, 0.15) is 0 Å². The van der Waals surface area contributed by atoms with Crippen molar-refractivity contribution in [2.45, 2.75) is 51.5 Å². The molecular formula is C18H26N4O3. The summed E-state index contributed by atoms with van der Waals surface area (Å²) >= 11 is 0. The largest absolute Gasteiger partial charge is 0.381 e. The van der Waals surface area contributed by atoms with Crippen LogP contribution in [-0.2, 0) is 4.74 Å². The average Bonchev–Trinajstić information content (AvgIpc) is 2.60. The van der Waals surface area contributed by atoms with E-state index in [0.29, 0.717) is 26.1 Å². The van der Waals surface area contributed by atoms with Crippen LogP contribution in [0.1, 0.15) is 43.4 Å². The number of imide groups is 1. The Bertz CT molecular complexity index is 613. The van der Waals surface area contributed by atoms with E-state index in [-0.39, 0.29) is 24.1 Å². The van der Waals surface area contributed by atoms with Crippen LogP contribution in [-0.4, -0.2) is 42.5 Å². The lowest BCUT2D eigenvalue weighted by Gasteiger charge is -2.39. The van der Waals surface area contributed by atoms with Gasteiger partial charge in [0.05, 0.1) is 0 Å². The van der Waals surface area contributed by atoms with Crippen LogP contribution in [0.4, 0.5) is 9.59 Å². The Morgan fingerprint density at radius 2 is 1.92 bits per heavy atom. The van der Waals surface area contributed by atoms with E-state index in [4.69, 9.17) is 4.74 Å². The smallest absolute Gasteiger partial charge is 0.328 e. The van der Waals surface area contributed by atoms with E-state index in [1.54, 1.807) is 0 Å². The van der Waals surface area contributed by atoms with E-state index in [2.05, 4.69) is 35.0 Å². The highest BCUT2D eigenvalue weighted by molar-refractivity contribution is 5.96. The number of rotatable bonds is 5. The summed E-state index contributed by atoms with van der Waals surface area (Å²) < 4.78 is 5.31. The van der Waals surface area contributed by atoms with Gasteiger partial charge in [0, 0.05) is 25.3 Å². The second-order valence-electron chi connectivity index (χ2n) is 6.59. The number of urea groups is 2. The van der Waals surface area contributed by atoms with E-state index >= 15 is 0 Å². The van der Waals surface area contributed by atoms with Crippen molar-refractivity contribution in [3.05, 3.63) is 35.4 Å². The number of hydrogen-bond donors (Lipinski definition) is 3. The van der Waals surface area contributed by atoms with Crippen LogP contribution in [0.3, 0.4) is 0 Å². The maximum Gasteiger partial charge on any atom is 0.328 e. The number of amides is 4. The average molecular weight is 346 g/mol. The normalized spacial score (nSPS) is 21.0. The summed E-state index contributed by atoms with van der Waals surface area (Å²) in [5.41, 5.74) is 2.32. The van der Waals surface area contributed by atoms with Gasteiger partial charge in [0.25, 0.3) is 0 Å². The molecule has 7 heteroatoms. The van der Waals surface area contributed by atoms with E-state index in [1.807, 2.05) is 19.1 Å². The predicted octanol–water partition coefficient (Wildman–Crippen LogP) is 2.23. The first-order valence-electron chi connectivity index (χ1n) is 8.89. The lowest BCUT2D eigenvalue weighted by Crippen LogP contribution is -2.70. The highest BCUT2D eigenvalue weighted by Crippen LogP contribution is 2.20. The molecule has 2 aliphatic rings. The van der Waals surface area contributed by atoms with Crippen LogP contribution in [0.15, 0.2) is 24.3 Å². The monoisotopic (exact) mass is 346 g/mol. The molecule has 1 atom stereocenters. The van der Waals surface area contributed by atoms with Crippen LogP contribution in [0, 0.1) is 6.92 Å². The maximum absolute atomic E-state index is 12.4. The molecule has 0 saturated carbocycles. The van der Waals surface area contributed by atoms with Crippen molar-refractivity contribution in [2.75, 3.05) is 13.2 Å². The quantitative estimate of drug-likeness (QED) is 0.763. The summed E-state index contributed by atoms with van der Waals surface area (Å²) in [6.45, 7) is 5.27. The number of benzene rings is 1. The molecule has 25 heavy (non-hydrogen) atoms. The molecule has 2 aliphatic heterocycles. The zero-order valence-corrected chi connectivity index (χ0v) is 14.7. The van der Waals surface area contributed by atoms with E-state index in [9.17, 15) is 9.59 Å². The molecule has 0 radical (unpaired) electrons. The van der Waals surface area contributed by atoms with Gasteiger partial charge in [-0.05, 0) is 31.7 Å². The van der Waals surface area contributed by atoms with E-state index in [1.165, 1.54) is 10.5 Å². The summed E-state index contributed by atoms with van der Waals surface area (Å²) in [7, 11) is 0. The number of aryl methyl sites for hydroxylation is 1. The number of nitrogens with one attached hydrogen (secondary N) is 3. The number of hydrogen-bond acceptors (Lipinski definition) is 4. The van der Waals surface area contributed by atoms with Gasteiger partial charge < -0.3 is 15.4 Å². The van der Waals surface area contributed by atoms with Gasteiger partial charge in [-0.1, -0.05) is 36.8 Å². The zero-order chi connectivity index (χ0) is 17.8. The van der Waals surface area contributed by atoms with E-state index in [0.717, 1.165) is 12.0 Å². The first kappa shape index (κ1) is 17.7. The minimum Gasteiger partial charge on any atom is -0.381 e. The molecule has 1 unspecified atom stereocenters. The topological polar surface area (TPSA) is 82.7 Å². The number of carbonyl (C=O) groups excluding carboxylic acids is 2. The molecular weight excluding hydrogens is 320 g/mol. The fourth-order valence-corrected chi connectivity index (χ4v) is 3.41. The molecule has 0 aliphatic carbocycles. The molecule has 1 aromatic rings. The summed E-state index contributed by atoms with van der Waals surface area (Å²) in [6, 6.07) is 7.45. The van der Waals surface area contributed by atoms with Crippen molar-refractivity contribution in [3.63, 3.8) is 0 Å². The van der Waals surface area contributed by atoms with Crippen LogP contribution in [0.2, 0.25) is 0 Å². The number of ether oxygens (including phenoxy) is 1. The predicted molar refractivity (Wildman–Crippen MR) is 93.9 cm³/mol. The molecule has 2 saturated heterocycles. The van der Waals surface area contributed by atoms with E-state index < -0.39 is 6.29 Å². The van der Waals surface area contributed by atoms with Crippen molar-refractivity contribution in [2.24, 2.45) is 0 Å². The molecule has 0 aromatic heterocycles. The molecule has 1 aromatic carbocycles. The van der Waals surface area contributed by atoms with Gasteiger partial charge in [-0.25, -0.2) is 14.5 Å². The second kappa shape index (κ2) is 7.84. The Morgan fingerprint density at radius 1 is 1.24 bits per heavy atom. The summed E-state index contributed by atoms with van der Waals surface area (Å²) in [5, 5.41) is 9.01. The first-order valence-corrected chi connectivity index (χ1v) is 8.89. The Morgan fingerprint density at radius 3 is 2.52 bits per heavy atom. The molecule has 7 nitrogen and oxygen atoms in total. The lowest BCUT2D eigenvalue weighted by atomic mass is 10.0. The third kappa shape index (κ3) is 4.11. The molecule has 4 amide bonds. The molecule has 2 heterocycles. The summed E-state index contributed by atoms with van der Waals surface area (Å²) in [5.74, 6) is 0. The molecule has 2 fully saturated rings. The highest BCUT2D eigenvalue weighted by Gasteiger charge is 2.37. The van der Waals surface area contributed by atoms with Gasteiger partial charge in [-0.3, -0.25) is 5.32 Å². The Labute approximate surface area is 148 Å². The minimum absolute atomic E-state index is 0.0418. The highest BCUT2D eigenvalue weighted by atomic mass is 16.5. The van der Waals surface area contributed by atoms with Crippen LogP contribution >= 0.6 is 0 Å². The first-order chi connectivity index (χ1) is 12.1. The molecule has 0 spiro atoms. The SMILES string of the molecule is CCC(NC1NC(=O)N(C2CCOCC2)C(=O)N1)c1cccc(C)c1. The number of carbonyl (C=O) groups is 2. The Kier molecular flexibility index (Phi) is 5.55. The molecule has 3 rings (SSSR count). The fraction of sp³-hybridized carbons (Fsp3) is 0.556. The zero-order valence-electron chi connectivity index (χ0n) is 14.7. The van der Waals surface area contributed by atoms with Crippen LogP contribution < -0.4 is 16.0 Å². The summed E-state index contributed by atoms with van der Waals surface area (Å²) in [4.78, 5) is 26.2. The molecule has 136 valence electrons. The van der Waals surface area contributed by atoms with Crippen molar-refractivity contribution in [1.29, 1.82) is 0 Å². The van der Waals surface area contributed by atoms with Crippen LogP contribution in [0.5, 0.6) is 0 Å². The lowest BCUT2D eigenvalue weighted by molar-refractivity contribution is 0.0491. The van der Waals surface area contributed by atoms with Gasteiger partial charge in [-0.2, -0.15) is 0 Å². The Balaban J connectivity index is 1.64. The third-order valence-corrected chi connectivity index (χ3v) is 4.75. The third-order valence-electron chi connectivity index (χ3n) is 4.75. The van der Waals surface area contributed by atoms with Gasteiger partial charge in [0.15, 0.2) is 6.29 Å². The van der Waals surface area contributed by atoms with Crippen molar-refractivity contribution >= 4 is 12.1 Å². The van der Waals surface area contributed by atoms with Crippen molar-refractivity contribution in [1.82, 2.24) is 20.9 Å². The van der Waals surface area contributed by atoms with Gasteiger partial charge >= 0.3 is 12.1 Å². The van der Waals surface area contributed by atoms with Crippen LogP contribution in [0.25, 0.3) is 0 Å². The number of nitrogens with zero attached hydrogens (tertiary/aromatic N) is 1. The second-order valence-corrected chi connectivity index (χ2v) is 6.59. The molecule has 3 N–H and O–H groups in total. The maximum atomic E-state index is 12.4. The Hall–Kier alpha value is -2.12. The minimum atomic E-state index is -0.582. The van der Waals surface area contributed by atoms with Gasteiger partial charge in [0.2, 0.25) is 0 Å². The molecule has 0 bridgehead atoms. The standard InChI is InChI=1S/C18H26N4O3/c1-3-15(13-6-4-5-12(2)11-13)19-16-20-17(23)22(18(24)21-16)14-7-9-25-10-8-14/h4-6,11,14-16,19H,3,7-10H2,1-2H3,(H,20,23)(H,21,24). The fourth-order valence-electron chi connectivity index (χ4n) is 3.41. The summed E-state index contributed by atoms with van der Waals surface area (Å²) in [6.07, 6.45) is 1.62. The van der Waals surface area contributed by atoms with Crippen molar-refractivity contribution in [3.8, 4) is 0 Å².